The highest BCUT2D eigenvalue weighted by Crippen LogP contribution is 2.30. The van der Waals surface area contributed by atoms with Crippen molar-refractivity contribution in [2.75, 3.05) is 0 Å². The SMILES string of the molecule is Cc1cc(C)c(-c2nccn2CCc2noc(C)n2)c(-n2cccn2)c1. The van der Waals surface area contributed by atoms with Gasteiger partial charge in [-0.05, 0) is 37.1 Å². The lowest BCUT2D eigenvalue weighted by molar-refractivity contribution is 0.386. The number of aryl methyl sites for hydroxylation is 5. The van der Waals surface area contributed by atoms with Crippen LogP contribution in [0, 0.1) is 20.8 Å². The van der Waals surface area contributed by atoms with Crippen molar-refractivity contribution in [2.24, 2.45) is 0 Å². The van der Waals surface area contributed by atoms with E-state index in [9.17, 15) is 0 Å². The zero-order valence-corrected chi connectivity index (χ0v) is 15.0. The van der Waals surface area contributed by atoms with Crippen LogP contribution in [0.2, 0.25) is 0 Å². The van der Waals surface area contributed by atoms with Gasteiger partial charge in [-0.2, -0.15) is 10.1 Å². The van der Waals surface area contributed by atoms with Crippen LogP contribution in [-0.4, -0.2) is 29.5 Å². The van der Waals surface area contributed by atoms with Crippen LogP contribution in [0.3, 0.4) is 0 Å². The predicted octanol–water partition coefficient (Wildman–Crippen LogP) is 3.29. The molecule has 0 N–H and O–H groups in total. The summed E-state index contributed by atoms with van der Waals surface area (Å²) in [7, 11) is 0. The van der Waals surface area contributed by atoms with E-state index in [4.69, 9.17) is 4.52 Å². The van der Waals surface area contributed by atoms with Crippen molar-refractivity contribution in [3.63, 3.8) is 0 Å². The van der Waals surface area contributed by atoms with Crippen molar-refractivity contribution in [1.29, 1.82) is 0 Å². The summed E-state index contributed by atoms with van der Waals surface area (Å²) >= 11 is 0. The van der Waals surface area contributed by atoms with E-state index in [0.29, 0.717) is 18.1 Å². The summed E-state index contributed by atoms with van der Waals surface area (Å²) in [5, 5.41) is 8.38. The van der Waals surface area contributed by atoms with Crippen molar-refractivity contribution in [3.05, 3.63) is 65.8 Å². The van der Waals surface area contributed by atoms with Crippen LogP contribution in [0.15, 0.2) is 47.5 Å². The molecule has 0 aliphatic carbocycles. The second kappa shape index (κ2) is 6.59. The Balaban J connectivity index is 1.74. The highest BCUT2D eigenvalue weighted by Gasteiger charge is 2.16. The van der Waals surface area contributed by atoms with Crippen molar-refractivity contribution in [1.82, 2.24) is 29.5 Å². The summed E-state index contributed by atoms with van der Waals surface area (Å²) in [6, 6.07) is 6.23. The zero-order valence-electron chi connectivity index (χ0n) is 15.0. The average Bonchev–Trinajstić information content (AvgIpc) is 3.34. The van der Waals surface area contributed by atoms with Crippen LogP contribution in [0.1, 0.15) is 22.8 Å². The Hall–Kier alpha value is -3.22. The molecule has 0 bridgehead atoms. The third-order valence-electron chi connectivity index (χ3n) is 4.30. The van der Waals surface area contributed by atoms with E-state index in [1.54, 1.807) is 13.1 Å². The maximum atomic E-state index is 5.05. The predicted molar refractivity (Wildman–Crippen MR) is 97.0 cm³/mol. The molecular formula is C19H20N6O. The lowest BCUT2D eigenvalue weighted by Crippen LogP contribution is -2.07. The highest BCUT2D eigenvalue weighted by molar-refractivity contribution is 5.72. The normalized spacial score (nSPS) is 11.2. The number of rotatable bonds is 5. The minimum atomic E-state index is 0.584. The van der Waals surface area contributed by atoms with E-state index in [-0.39, 0.29) is 0 Å². The van der Waals surface area contributed by atoms with Crippen molar-refractivity contribution < 1.29 is 4.52 Å². The fourth-order valence-corrected chi connectivity index (χ4v) is 3.21. The van der Waals surface area contributed by atoms with Gasteiger partial charge in [-0.25, -0.2) is 9.67 Å². The minimum absolute atomic E-state index is 0.584. The van der Waals surface area contributed by atoms with Crippen molar-refractivity contribution in [3.8, 4) is 17.1 Å². The smallest absolute Gasteiger partial charge is 0.223 e. The van der Waals surface area contributed by atoms with Gasteiger partial charge in [-0.3, -0.25) is 0 Å². The largest absolute Gasteiger partial charge is 0.340 e. The molecule has 7 heteroatoms. The number of benzene rings is 1. The van der Waals surface area contributed by atoms with Gasteiger partial charge >= 0.3 is 0 Å². The maximum Gasteiger partial charge on any atom is 0.223 e. The van der Waals surface area contributed by atoms with E-state index >= 15 is 0 Å². The third kappa shape index (κ3) is 3.03. The molecule has 0 unspecified atom stereocenters. The molecule has 3 heterocycles. The average molecular weight is 348 g/mol. The Labute approximate surface area is 151 Å². The van der Waals surface area contributed by atoms with Gasteiger partial charge in [-0.15, -0.1) is 0 Å². The molecule has 7 nitrogen and oxygen atoms in total. The Kier molecular flexibility index (Phi) is 4.12. The van der Waals surface area contributed by atoms with Crippen LogP contribution >= 0.6 is 0 Å². The molecule has 4 rings (SSSR count). The minimum Gasteiger partial charge on any atom is -0.340 e. The Morgan fingerprint density at radius 1 is 1.08 bits per heavy atom. The topological polar surface area (TPSA) is 74.6 Å². The number of nitrogens with zero attached hydrogens (tertiary/aromatic N) is 6. The monoisotopic (exact) mass is 348 g/mol. The van der Waals surface area contributed by atoms with Gasteiger partial charge in [0.2, 0.25) is 5.89 Å². The fraction of sp³-hybridized carbons (Fsp3) is 0.263. The van der Waals surface area contributed by atoms with Crippen LogP contribution in [0.4, 0.5) is 0 Å². The van der Waals surface area contributed by atoms with E-state index in [0.717, 1.165) is 23.6 Å². The molecule has 26 heavy (non-hydrogen) atoms. The molecule has 4 aromatic rings. The third-order valence-corrected chi connectivity index (χ3v) is 4.30. The van der Waals surface area contributed by atoms with Crippen molar-refractivity contribution >= 4 is 0 Å². The molecule has 0 spiro atoms. The van der Waals surface area contributed by atoms with Gasteiger partial charge in [0, 0.05) is 50.2 Å². The van der Waals surface area contributed by atoms with E-state index in [2.05, 4.69) is 50.8 Å². The lowest BCUT2D eigenvalue weighted by Gasteiger charge is -2.15. The molecule has 0 saturated heterocycles. The van der Waals surface area contributed by atoms with E-state index < -0.39 is 0 Å². The summed E-state index contributed by atoms with van der Waals surface area (Å²) in [6.07, 6.45) is 8.22. The Bertz CT molecular complexity index is 1030. The highest BCUT2D eigenvalue weighted by atomic mass is 16.5. The summed E-state index contributed by atoms with van der Waals surface area (Å²) in [6.45, 7) is 6.72. The summed E-state index contributed by atoms with van der Waals surface area (Å²) in [5.41, 5.74) is 4.46. The summed E-state index contributed by atoms with van der Waals surface area (Å²) in [4.78, 5) is 8.90. The van der Waals surface area contributed by atoms with Gasteiger partial charge in [0.15, 0.2) is 5.82 Å². The van der Waals surface area contributed by atoms with Gasteiger partial charge in [0.25, 0.3) is 0 Å². The first-order valence-corrected chi connectivity index (χ1v) is 8.54. The number of aromatic nitrogens is 6. The number of hydrogen-bond donors (Lipinski definition) is 0. The number of imidazole rings is 1. The second-order valence-electron chi connectivity index (χ2n) is 6.35. The summed E-state index contributed by atoms with van der Waals surface area (Å²) in [5.74, 6) is 2.20. The first-order chi connectivity index (χ1) is 12.6. The quantitative estimate of drug-likeness (QED) is 0.553. The van der Waals surface area contributed by atoms with Crippen LogP contribution in [0.5, 0.6) is 0 Å². The van der Waals surface area contributed by atoms with Crippen LogP contribution in [-0.2, 0) is 13.0 Å². The molecular weight excluding hydrogens is 328 g/mol. The van der Waals surface area contributed by atoms with Crippen molar-refractivity contribution in [2.45, 2.75) is 33.7 Å². The molecule has 0 aliphatic heterocycles. The zero-order chi connectivity index (χ0) is 18.1. The van der Waals surface area contributed by atoms with E-state index in [1.807, 2.05) is 29.3 Å². The lowest BCUT2D eigenvalue weighted by atomic mass is 10.0. The Morgan fingerprint density at radius 3 is 2.69 bits per heavy atom. The molecule has 1 aromatic carbocycles. The number of hydrogen-bond acceptors (Lipinski definition) is 5. The molecule has 0 saturated carbocycles. The fourth-order valence-electron chi connectivity index (χ4n) is 3.21. The van der Waals surface area contributed by atoms with E-state index in [1.165, 1.54) is 11.1 Å². The van der Waals surface area contributed by atoms with Gasteiger partial charge in [0.1, 0.15) is 5.82 Å². The molecule has 132 valence electrons. The van der Waals surface area contributed by atoms with Crippen LogP contribution in [0.25, 0.3) is 17.1 Å². The molecule has 0 fully saturated rings. The maximum absolute atomic E-state index is 5.05. The standard InChI is InChI=1S/C19H20N6O/c1-13-11-14(2)18(16(12-13)25-8-4-6-21-25)19-20-7-10-24(19)9-5-17-22-15(3)26-23-17/h4,6-8,10-12H,5,9H2,1-3H3. The van der Waals surface area contributed by atoms with Gasteiger partial charge in [0.05, 0.1) is 5.69 Å². The molecule has 0 atom stereocenters. The molecule has 0 amide bonds. The summed E-state index contributed by atoms with van der Waals surface area (Å²) < 4.78 is 9.06. The molecule has 0 radical (unpaired) electrons. The first kappa shape index (κ1) is 16.3. The van der Waals surface area contributed by atoms with Gasteiger partial charge in [-0.1, -0.05) is 11.2 Å². The molecule has 3 aromatic heterocycles. The van der Waals surface area contributed by atoms with Crippen LogP contribution < -0.4 is 0 Å². The Morgan fingerprint density at radius 2 is 1.96 bits per heavy atom. The van der Waals surface area contributed by atoms with Gasteiger partial charge < -0.3 is 9.09 Å². The molecule has 0 aliphatic rings. The second-order valence-corrected chi connectivity index (χ2v) is 6.35. The first-order valence-electron chi connectivity index (χ1n) is 8.54.